The molecule has 0 aliphatic rings. The second kappa shape index (κ2) is 6.94. The Morgan fingerprint density at radius 1 is 1.43 bits per heavy atom. The molecule has 0 amide bonds. The van der Waals surface area contributed by atoms with Crippen molar-refractivity contribution in [2.45, 2.75) is 19.0 Å². The summed E-state index contributed by atoms with van der Waals surface area (Å²) in [7, 11) is 0. The van der Waals surface area contributed by atoms with E-state index in [2.05, 4.69) is 15.2 Å². The summed E-state index contributed by atoms with van der Waals surface area (Å²) >= 11 is 0.941. The fourth-order valence-electron chi connectivity index (χ4n) is 1.57. The molecule has 0 atom stereocenters. The topological polar surface area (TPSA) is 90.9 Å². The monoisotopic (exact) mass is 304 g/mol. The lowest BCUT2D eigenvalue weighted by molar-refractivity contribution is -0.297. The summed E-state index contributed by atoms with van der Waals surface area (Å²) in [6.07, 6.45) is 1.52. The van der Waals surface area contributed by atoms with Gasteiger partial charge in [0.15, 0.2) is 0 Å². The number of H-pyrrole nitrogens is 1. The Morgan fingerprint density at radius 2 is 2.14 bits per heavy atom. The number of benzene rings is 1. The standard InChI is InChI=1S/C14H15N3O3S/c1-3-20-11-6-4-10(5-7-11)8-12(13(18)19)21-14-15-9(2)16-17-14/h4-8H,3H2,1-2H3,(H,18,19)(H,15,16,17)/p-1/b12-8-. The second-order valence-corrected chi connectivity index (χ2v) is 5.11. The number of thioether (sulfide) groups is 1. The summed E-state index contributed by atoms with van der Waals surface area (Å²) < 4.78 is 5.33. The molecular formula is C14H14N3O3S-. The Labute approximate surface area is 126 Å². The average molecular weight is 304 g/mol. The van der Waals surface area contributed by atoms with Crippen LogP contribution in [0.3, 0.4) is 0 Å². The summed E-state index contributed by atoms with van der Waals surface area (Å²) in [5.41, 5.74) is 0.734. The average Bonchev–Trinajstić information content (AvgIpc) is 2.86. The molecule has 0 aliphatic heterocycles. The van der Waals surface area contributed by atoms with Crippen molar-refractivity contribution >= 4 is 23.8 Å². The number of rotatable bonds is 6. The van der Waals surface area contributed by atoms with Crippen molar-refractivity contribution in [3.05, 3.63) is 40.6 Å². The predicted molar refractivity (Wildman–Crippen MR) is 77.6 cm³/mol. The van der Waals surface area contributed by atoms with Gasteiger partial charge in [-0.1, -0.05) is 12.1 Å². The van der Waals surface area contributed by atoms with Crippen molar-refractivity contribution in [3.8, 4) is 5.75 Å². The molecule has 1 N–H and O–H groups in total. The quantitative estimate of drug-likeness (QED) is 0.640. The molecule has 0 bridgehead atoms. The van der Waals surface area contributed by atoms with Crippen molar-refractivity contribution in [2.75, 3.05) is 6.61 Å². The van der Waals surface area contributed by atoms with Crippen LogP contribution in [0.4, 0.5) is 0 Å². The zero-order valence-electron chi connectivity index (χ0n) is 11.6. The molecule has 110 valence electrons. The van der Waals surface area contributed by atoms with E-state index in [-0.39, 0.29) is 4.91 Å². The molecule has 0 aliphatic carbocycles. The van der Waals surface area contributed by atoms with E-state index in [0.717, 1.165) is 23.1 Å². The van der Waals surface area contributed by atoms with Crippen LogP contribution in [-0.2, 0) is 4.79 Å². The Balaban J connectivity index is 2.18. The number of aryl methyl sites for hydroxylation is 1. The van der Waals surface area contributed by atoms with E-state index in [9.17, 15) is 9.90 Å². The van der Waals surface area contributed by atoms with Gasteiger partial charge in [0.05, 0.1) is 12.6 Å². The van der Waals surface area contributed by atoms with Crippen LogP contribution in [-0.4, -0.2) is 27.8 Å². The van der Waals surface area contributed by atoms with Gasteiger partial charge in [0.1, 0.15) is 11.6 Å². The third-order valence-corrected chi connectivity index (χ3v) is 3.34. The van der Waals surface area contributed by atoms with E-state index in [1.54, 1.807) is 31.2 Å². The third kappa shape index (κ3) is 4.35. The number of carbonyl (C=O) groups is 1. The molecule has 0 spiro atoms. The van der Waals surface area contributed by atoms with Gasteiger partial charge in [0.2, 0.25) is 5.16 Å². The molecule has 0 radical (unpaired) electrons. The molecule has 1 heterocycles. The molecule has 21 heavy (non-hydrogen) atoms. The molecule has 2 aromatic rings. The summed E-state index contributed by atoms with van der Waals surface area (Å²) in [5.74, 6) is 0.0921. The second-order valence-electron chi connectivity index (χ2n) is 4.10. The number of aliphatic carboxylic acids is 1. The molecule has 6 nitrogen and oxygen atoms in total. The third-order valence-electron chi connectivity index (χ3n) is 2.47. The highest BCUT2D eigenvalue weighted by atomic mass is 32.2. The maximum atomic E-state index is 11.2. The number of hydrogen-bond donors (Lipinski definition) is 1. The van der Waals surface area contributed by atoms with Gasteiger partial charge in [-0.3, -0.25) is 5.10 Å². The first kappa shape index (κ1) is 15.1. The molecule has 0 fully saturated rings. The first-order valence-electron chi connectivity index (χ1n) is 6.31. The van der Waals surface area contributed by atoms with E-state index in [1.807, 2.05) is 6.92 Å². The van der Waals surface area contributed by atoms with E-state index in [1.165, 1.54) is 6.08 Å². The van der Waals surface area contributed by atoms with Crippen molar-refractivity contribution in [3.63, 3.8) is 0 Å². The van der Waals surface area contributed by atoms with Gasteiger partial charge < -0.3 is 14.6 Å². The summed E-state index contributed by atoms with van der Waals surface area (Å²) in [4.78, 5) is 15.3. The number of nitrogens with one attached hydrogen (secondary N) is 1. The predicted octanol–water partition coefficient (Wildman–Crippen LogP) is 1.39. The lowest BCUT2D eigenvalue weighted by Gasteiger charge is -2.06. The molecule has 0 unspecified atom stereocenters. The summed E-state index contributed by atoms with van der Waals surface area (Å²) in [6, 6.07) is 7.11. The van der Waals surface area contributed by atoms with Crippen LogP contribution in [0.2, 0.25) is 0 Å². The molecule has 1 aromatic carbocycles. The molecule has 0 saturated carbocycles. The Hall–Kier alpha value is -2.28. The highest BCUT2D eigenvalue weighted by Crippen LogP contribution is 2.25. The SMILES string of the molecule is CCOc1ccc(/C=C(\Sc2n[nH]c(C)n2)C(=O)[O-])cc1. The number of hydrogen-bond acceptors (Lipinski definition) is 6. The van der Waals surface area contributed by atoms with E-state index in [0.29, 0.717) is 17.6 Å². The van der Waals surface area contributed by atoms with Gasteiger partial charge >= 0.3 is 0 Å². The minimum absolute atomic E-state index is 0.0400. The van der Waals surface area contributed by atoms with Crippen molar-refractivity contribution in [2.24, 2.45) is 0 Å². The van der Waals surface area contributed by atoms with Crippen LogP contribution in [0.25, 0.3) is 6.08 Å². The first-order valence-corrected chi connectivity index (χ1v) is 7.13. The number of aromatic nitrogens is 3. The zero-order valence-corrected chi connectivity index (χ0v) is 12.4. The van der Waals surface area contributed by atoms with E-state index >= 15 is 0 Å². The summed E-state index contributed by atoms with van der Waals surface area (Å²) in [6.45, 7) is 4.23. The zero-order chi connectivity index (χ0) is 15.2. The van der Waals surface area contributed by atoms with Gasteiger partial charge in [-0.05, 0) is 49.4 Å². The van der Waals surface area contributed by atoms with Crippen LogP contribution in [0.1, 0.15) is 18.3 Å². The smallest absolute Gasteiger partial charge is 0.213 e. The lowest BCUT2D eigenvalue weighted by atomic mass is 10.2. The molecule has 7 heteroatoms. The van der Waals surface area contributed by atoms with Gasteiger partial charge in [-0.2, -0.15) is 0 Å². The van der Waals surface area contributed by atoms with E-state index < -0.39 is 5.97 Å². The highest BCUT2D eigenvalue weighted by molar-refractivity contribution is 8.04. The van der Waals surface area contributed by atoms with Crippen LogP contribution >= 0.6 is 11.8 Å². The highest BCUT2D eigenvalue weighted by Gasteiger charge is 2.07. The number of nitrogens with zero attached hydrogens (tertiary/aromatic N) is 2. The molecule has 2 rings (SSSR count). The van der Waals surface area contributed by atoms with Crippen molar-refractivity contribution in [1.29, 1.82) is 0 Å². The maximum absolute atomic E-state index is 11.2. The number of carboxylic acids is 1. The Kier molecular flexibility index (Phi) is 4.99. The van der Waals surface area contributed by atoms with Gasteiger partial charge in [-0.15, -0.1) is 5.10 Å². The summed E-state index contributed by atoms with van der Waals surface area (Å²) in [5, 5.41) is 18.1. The largest absolute Gasteiger partial charge is 0.544 e. The van der Waals surface area contributed by atoms with Crippen LogP contribution in [0.5, 0.6) is 5.75 Å². The number of aromatic amines is 1. The van der Waals surface area contributed by atoms with Crippen molar-refractivity contribution in [1.82, 2.24) is 15.2 Å². The van der Waals surface area contributed by atoms with E-state index in [4.69, 9.17) is 4.74 Å². The van der Waals surface area contributed by atoms with Crippen LogP contribution < -0.4 is 9.84 Å². The Bertz CT molecular complexity index is 650. The number of carbonyl (C=O) groups excluding carboxylic acids is 1. The fourth-order valence-corrected chi connectivity index (χ4v) is 2.32. The Morgan fingerprint density at radius 3 is 2.67 bits per heavy atom. The first-order chi connectivity index (χ1) is 10.1. The normalized spacial score (nSPS) is 11.4. The number of ether oxygens (including phenoxy) is 1. The maximum Gasteiger partial charge on any atom is 0.213 e. The van der Waals surface area contributed by atoms with Crippen molar-refractivity contribution < 1.29 is 14.6 Å². The van der Waals surface area contributed by atoms with Gasteiger partial charge in [0.25, 0.3) is 0 Å². The molecule has 0 saturated heterocycles. The molecular weight excluding hydrogens is 290 g/mol. The van der Waals surface area contributed by atoms with Gasteiger partial charge in [0, 0.05) is 4.91 Å². The van der Waals surface area contributed by atoms with Crippen LogP contribution in [0, 0.1) is 6.92 Å². The lowest BCUT2D eigenvalue weighted by Crippen LogP contribution is -2.23. The fraction of sp³-hybridized carbons (Fsp3) is 0.214. The van der Waals surface area contributed by atoms with Crippen LogP contribution in [0.15, 0.2) is 34.3 Å². The molecule has 1 aromatic heterocycles. The number of carboxylic acid groups (broad SMARTS) is 1. The minimum atomic E-state index is -1.27. The van der Waals surface area contributed by atoms with Gasteiger partial charge in [-0.25, -0.2) is 4.98 Å². The minimum Gasteiger partial charge on any atom is -0.544 e.